The van der Waals surface area contributed by atoms with E-state index in [1.165, 1.54) is 0 Å². The number of carbonyl (C=O) groups excluding carboxylic acids is 2. The van der Waals surface area contributed by atoms with E-state index in [-0.39, 0.29) is 17.6 Å². The number of hydrogen-bond acceptors (Lipinski definition) is 3. The van der Waals surface area contributed by atoms with Gasteiger partial charge >= 0.3 is 0 Å². The van der Waals surface area contributed by atoms with Crippen molar-refractivity contribution in [1.29, 1.82) is 0 Å². The van der Waals surface area contributed by atoms with Gasteiger partial charge in [0.15, 0.2) is 0 Å². The predicted octanol–water partition coefficient (Wildman–Crippen LogP) is 2.17. The molecule has 0 spiro atoms. The van der Waals surface area contributed by atoms with E-state index < -0.39 is 0 Å². The summed E-state index contributed by atoms with van der Waals surface area (Å²) in [6.07, 6.45) is 1.94. The summed E-state index contributed by atoms with van der Waals surface area (Å²) in [4.78, 5) is 22.6. The van der Waals surface area contributed by atoms with Crippen LogP contribution in [0.5, 0.6) is 0 Å². The highest BCUT2D eigenvalue weighted by Gasteiger charge is 2.06. The topological polar surface area (TPSA) is 55.4 Å². The zero-order valence-corrected chi connectivity index (χ0v) is 12.1. The summed E-state index contributed by atoms with van der Waals surface area (Å²) >= 11 is 0. The second kappa shape index (κ2) is 10.1. The van der Waals surface area contributed by atoms with E-state index in [0.717, 1.165) is 6.42 Å². The molecule has 0 saturated carbocycles. The van der Waals surface area contributed by atoms with Gasteiger partial charge in [0.1, 0.15) is 5.78 Å². The van der Waals surface area contributed by atoms with Gasteiger partial charge in [-0.1, -0.05) is 27.7 Å². The van der Waals surface area contributed by atoms with E-state index >= 15 is 0 Å². The standard InChI is InChI=1S/C14H27NO3/c1-11(2)5-6-14(17)15-8-10-18-9-7-13(16)12(3)4/h11-12H,5-10H2,1-4H3,(H,15,17). The first-order valence-electron chi connectivity index (χ1n) is 6.80. The number of ether oxygens (including phenoxy) is 1. The molecule has 1 amide bonds. The third kappa shape index (κ3) is 10.3. The molecular formula is C14H27NO3. The van der Waals surface area contributed by atoms with Crippen LogP contribution in [0.1, 0.15) is 47.0 Å². The van der Waals surface area contributed by atoms with Crippen molar-refractivity contribution in [3.05, 3.63) is 0 Å². The Morgan fingerprint density at radius 1 is 1.06 bits per heavy atom. The number of nitrogens with one attached hydrogen (secondary N) is 1. The van der Waals surface area contributed by atoms with Gasteiger partial charge in [-0.15, -0.1) is 0 Å². The highest BCUT2D eigenvalue weighted by atomic mass is 16.5. The molecule has 106 valence electrons. The van der Waals surface area contributed by atoms with Crippen LogP contribution in [0, 0.1) is 11.8 Å². The van der Waals surface area contributed by atoms with Gasteiger partial charge in [0.25, 0.3) is 0 Å². The van der Waals surface area contributed by atoms with E-state index in [0.29, 0.717) is 38.5 Å². The number of ketones is 1. The lowest BCUT2D eigenvalue weighted by Crippen LogP contribution is -2.27. The summed E-state index contributed by atoms with van der Waals surface area (Å²) in [7, 11) is 0. The molecule has 0 atom stereocenters. The number of Topliss-reactive ketones (excluding diaryl/α,β-unsaturated/α-hetero) is 1. The normalized spacial score (nSPS) is 11.0. The summed E-state index contributed by atoms with van der Waals surface area (Å²) in [6.45, 7) is 9.41. The first-order chi connectivity index (χ1) is 8.43. The third-order valence-electron chi connectivity index (χ3n) is 2.65. The van der Waals surface area contributed by atoms with Crippen molar-refractivity contribution in [2.45, 2.75) is 47.0 Å². The summed E-state index contributed by atoms with van der Waals surface area (Å²) in [5, 5.41) is 2.80. The fraction of sp³-hybridized carbons (Fsp3) is 0.857. The Morgan fingerprint density at radius 2 is 1.72 bits per heavy atom. The summed E-state index contributed by atoms with van der Waals surface area (Å²) in [5.74, 6) is 0.917. The Hall–Kier alpha value is -0.900. The van der Waals surface area contributed by atoms with Gasteiger partial charge in [0.2, 0.25) is 5.91 Å². The maximum Gasteiger partial charge on any atom is 0.220 e. The van der Waals surface area contributed by atoms with E-state index in [1.54, 1.807) is 0 Å². The molecule has 0 heterocycles. The van der Waals surface area contributed by atoms with Gasteiger partial charge in [-0.25, -0.2) is 0 Å². The number of hydrogen-bond donors (Lipinski definition) is 1. The van der Waals surface area contributed by atoms with Crippen LogP contribution in [0.3, 0.4) is 0 Å². The zero-order chi connectivity index (χ0) is 14.0. The van der Waals surface area contributed by atoms with Crippen molar-refractivity contribution in [3.8, 4) is 0 Å². The molecular weight excluding hydrogens is 230 g/mol. The van der Waals surface area contributed by atoms with Crippen molar-refractivity contribution in [2.75, 3.05) is 19.8 Å². The van der Waals surface area contributed by atoms with E-state index in [2.05, 4.69) is 19.2 Å². The summed E-state index contributed by atoms with van der Waals surface area (Å²) in [6, 6.07) is 0. The van der Waals surface area contributed by atoms with Crippen LogP contribution in [0.25, 0.3) is 0 Å². The molecule has 18 heavy (non-hydrogen) atoms. The lowest BCUT2D eigenvalue weighted by Gasteiger charge is -2.08. The van der Waals surface area contributed by atoms with Crippen molar-refractivity contribution >= 4 is 11.7 Å². The van der Waals surface area contributed by atoms with Crippen LogP contribution in [-0.2, 0) is 14.3 Å². The Bertz CT molecular complexity index is 249. The van der Waals surface area contributed by atoms with Crippen LogP contribution >= 0.6 is 0 Å². The minimum atomic E-state index is 0.0735. The Balaban J connectivity index is 3.35. The van der Waals surface area contributed by atoms with Gasteiger partial charge in [0, 0.05) is 25.3 Å². The molecule has 0 aromatic heterocycles. The van der Waals surface area contributed by atoms with Gasteiger partial charge in [-0.3, -0.25) is 9.59 Å². The van der Waals surface area contributed by atoms with Gasteiger partial charge < -0.3 is 10.1 Å². The molecule has 0 aromatic carbocycles. The van der Waals surface area contributed by atoms with Crippen LogP contribution in [-0.4, -0.2) is 31.4 Å². The lowest BCUT2D eigenvalue weighted by atomic mass is 10.1. The van der Waals surface area contributed by atoms with Gasteiger partial charge in [-0.2, -0.15) is 0 Å². The van der Waals surface area contributed by atoms with Crippen LogP contribution in [0.15, 0.2) is 0 Å². The molecule has 0 bridgehead atoms. The molecule has 0 saturated heterocycles. The SMILES string of the molecule is CC(C)CCC(=O)NCCOCCC(=O)C(C)C. The summed E-state index contributed by atoms with van der Waals surface area (Å²) < 4.78 is 5.29. The smallest absolute Gasteiger partial charge is 0.220 e. The lowest BCUT2D eigenvalue weighted by molar-refractivity contribution is -0.124. The fourth-order valence-electron chi connectivity index (χ4n) is 1.33. The van der Waals surface area contributed by atoms with Crippen molar-refractivity contribution < 1.29 is 14.3 Å². The molecule has 0 radical (unpaired) electrons. The second-order valence-corrected chi connectivity index (χ2v) is 5.27. The largest absolute Gasteiger partial charge is 0.379 e. The third-order valence-corrected chi connectivity index (χ3v) is 2.65. The fourth-order valence-corrected chi connectivity index (χ4v) is 1.33. The van der Waals surface area contributed by atoms with E-state index in [9.17, 15) is 9.59 Å². The predicted molar refractivity (Wildman–Crippen MR) is 72.4 cm³/mol. The van der Waals surface area contributed by atoms with Gasteiger partial charge in [0.05, 0.1) is 13.2 Å². The number of carbonyl (C=O) groups is 2. The highest BCUT2D eigenvalue weighted by molar-refractivity contribution is 5.80. The van der Waals surface area contributed by atoms with Crippen molar-refractivity contribution in [3.63, 3.8) is 0 Å². The van der Waals surface area contributed by atoms with Crippen molar-refractivity contribution in [1.82, 2.24) is 5.32 Å². The van der Waals surface area contributed by atoms with Crippen LogP contribution in [0.4, 0.5) is 0 Å². The average molecular weight is 257 g/mol. The van der Waals surface area contributed by atoms with Crippen LogP contribution in [0.2, 0.25) is 0 Å². The minimum Gasteiger partial charge on any atom is -0.379 e. The molecule has 0 aromatic rings. The first kappa shape index (κ1) is 17.1. The van der Waals surface area contributed by atoms with Gasteiger partial charge in [-0.05, 0) is 12.3 Å². The number of amides is 1. The molecule has 4 nitrogen and oxygen atoms in total. The quantitative estimate of drug-likeness (QED) is 0.610. The van der Waals surface area contributed by atoms with Crippen molar-refractivity contribution in [2.24, 2.45) is 11.8 Å². The molecule has 0 rings (SSSR count). The second-order valence-electron chi connectivity index (χ2n) is 5.27. The molecule has 0 aliphatic rings. The maximum atomic E-state index is 11.4. The maximum absolute atomic E-state index is 11.4. The molecule has 4 heteroatoms. The molecule has 0 unspecified atom stereocenters. The Kier molecular flexibility index (Phi) is 9.56. The molecule has 0 aliphatic carbocycles. The van der Waals surface area contributed by atoms with E-state index in [1.807, 2.05) is 13.8 Å². The molecule has 0 fully saturated rings. The summed E-state index contributed by atoms with van der Waals surface area (Å²) in [5.41, 5.74) is 0. The Labute approximate surface area is 110 Å². The van der Waals surface area contributed by atoms with Crippen LogP contribution < -0.4 is 5.32 Å². The van der Waals surface area contributed by atoms with E-state index in [4.69, 9.17) is 4.74 Å². The highest BCUT2D eigenvalue weighted by Crippen LogP contribution is 2.02. The average Bonchev–Trinajstić information content (AvgIpc) is 2.30. The minimum absolute atomic E-state index is 0.0735. The monoisotopic (exact) mass is 257 g/mol. The molecule has 1 N–H and O–H groups in total. The number of rotatable bonds is 10. The first-order valence-corrected chi connectivity index (χ1v) is 6.80. The molecule has 0 aliphatic heterocycles. The zero-order valence-electron chi connectivity index (χ0n) is 12.1. The Morgan fingerprint density at radius 3 is 2.28 bits per heavy atom.